The van der Waals surface area contributed by atoms with Gasteiger partial charge < -0.3 is 4.90 Å². The van der Waals surface area contributed by atoms with Crippen LogP contribution in [0.1, 0.15) is 36.4 Å². The first-order valence-electron chi connectivity index (χ1n) is 8.06. The zero-order chi connectivity index (χ0) is 16.2. The molecule has 1 atom stereocenters. The monoisotopic (exact) mass is 355 g/mol. The average molecular weight is 355 g/mol. The molecule has 2 aliphatic heterocycles. The molecule has 126 valence electrons. The first kappa shape index (κ1) is 15.5. The lowest BCUT2D eigenvalue weighted by Crippen LogP contribution is -2.35. The zero-order valence-electron chi connectivity index (χ0n) is 13.2. The first-order chi connectivity index (χ1) is 10.9. The molecule has 0 aromatic carbocycles. The van der Waals surface area contributed by atoms with Crippen molar-refractivity contribution in [2.24, 2.45) is 5.41 Å². The summed E-state index contributed by atoms with van der Waals surface area (Å²) in [5.41, 5.74) is 0.739. The highest BCUT2D eigenvalue weighted by Gasteiger charge is 2.52. The largest absolute Gasteiger partial charge is 0.336 e. The van der Waals surface area contributed by atoms with Gasteiger partial charge >= 0.3 is 0 Å². The summed E-state index contributed by atoms with van der Waals surface area (Å²) in [4.78, 5) is 18.7. The van der Waals surface area contributed by atoms with E-state index in [1.165, 1.54) is 0 Å². The van der Waals surface area contributed by atoms with E-state index in [-0.39, 0.29) is 16.6 Å². The minimum Gasteiger partial charge on any atom is -0.336 e. The van der Waals surface area contributed by atoms with Crippen LogP contribution in [0.2, 0.25) is 0 Å². The van der Waals surface area contributed by atoms with Crippen LogP contribution >= 0.6 is 11.3 Å². The van der Waals surface area contributed by atoms with Crippen molar-refractivity contribution in [2.45, 2.75) is 44.4 Å². The molecule has 3 heterocycles. The van der Waals surface area contributed by atoms with Gasteiger partial charge in [-0.25, -0.2) is 17.7 Å². The quantitative estimate of drug-likeness (QED) is 0.818. The van der Waals surface area contributed by atoms with Gasteiger partial charge in [0, 0.05) is 36.9 Å². The number of carbonyl (C=O) groups is 1. The van der Waals surface area contributed by atoms with Crippen molar-refractivity contribution in [3.63, 3.8) is 0 Å². The molecule has 0 N–H and O–H groups in total. The Bertz CT molecular complexity index is 741. The van der Waals surface area contributed by atoms with E-state index >= 15 is 0 Å². The molecule has 8 heteroatoms. The van der Waals surface area contributed by atoms with E-state index in [4.69, 9.17) is 0 Å². The Morgan fingerprint density at radius 2 is 2.17 bits per heavy atom. The lowest BCUT2D eigenvalue weighted by molar-refractivity contribution is -0.128. The normalized spacial score (nSPS) is 29.1. The fourth-order valence-electron chi connectivity index (χ4n) is 3.76. The van der Waals surface area contributed by atoms with Crippen molar-refractivity contribution >= 4 is 27.3 Å². The molecule has 6 nitrogen and oxygen atoms in total. The van der Waals surface area contributed by atoms with Gasteiger partial charge in [-0.1, -0.05) is 0 Å². The van der Waals surface area contributed by atoms with Gasteiger partial charge in [0.05, 0.1) is 22.5 Å². The number of nitrogens with zero attached hydrogens (tertiary/aromatic N) is 3. The molecule has 23 heavy (non-hydrogen) atoms. The Hall–Kier alpha value is -0.990. The Balaban J connectivity index is 1.45. The van der Waals surface area contributed by atoms with Crippen LogP contribution in [-0.2, 0) is 21.4 Å². The molecular weight excluding hydrogens is 334 g/mol. The second-order valence-electron chi connectivity index (χ2n) is 7.11. The highest BCUT2D eigenvalue weighted by molar-refractivity contribution is 7.90. The lowest BCUT2D eigenvalue weighted by atomic mass is 9.86. The zero-order valence-corrected chi connectivity index (χ0v) is 14.8. The van der Waals surface area contributed by atoms with Crippen LogP contribution in [0.25, 0.3) is 0 Å². The molecule has 0 bridgehead atoms. The maximum Gasteiger partial charge on any atom is 0.223 e. The van der Waals surface area contributed by atoms with Crippen molar-refractivity contribution in [2.75, 3.05) is 19.6 Å². The number of hydrogen-bond acceptors (Lipinski definition) is 5. The highest BCUT2D eigenvalue weighted by atomic mass is 32.2. The summed E-state index contributed by atoms with van der Waals surface area (Å²) in [6.07, 6.45) is 2.84. The summed E-state index contributed by atoms with van der Waals surface area (Å²) in [7, 11) is -3.13. The van der Waals surface area contributed by atoms with Crippen LogP contribution in [0.15, 0.2) is 5.38 Å². The molecule has 0 radical (unpaired) electrons. The van der Waals surface area contributed by atoms with Gasteiger partial charge in [-0.2, -0.15) is 0 Å². The van der Waals surface area contributed by atoms with Crippen LogP contribution in [0, 0.1) is 12.3 Å². The summed E-state index contributed by atoms with van der Waals surface area (Å²) < 4.78 is 26.5. The van der Waals surface area contributed by atoms with Crippen LogP contribution in [0.4, 0.5) is 0 Å². The second kappa shape index (κ2) is 5.26. The van der Waals surface area contributed by atoms with Crippen molar-refractivity contribution in [3.8, 4) is 0 Å². The van der Waals surface area contributed by atoms with Crippen molar-refractivity contribution in [1.82, 2.24) is 14.2 Å². The first-order valence-corrected chi connectivity index (χ1v) is 10.4. The Labute approximate surface area is 140 Å². The van der Waals surface area contributed by atoms with Gasteiger partial charge in [-0.3, -0.25) is 4.79 Å². The molecule has 4 rings (SSSR count). The number of amides is 1. The number of aryl methyl sites for hydroxylation is 1. The molecule has 1 saturated carbocycles. The van der Waals surface area contributed by atoms with Crippen LogP contribution in [0.3, 0.4) is 0 Å². The van der Waals surface area contributed by atoms with E-state index in [0.29, 0.717) is 32.6 Å². The second-order valence-corrected chi connectivity index (χ2v) is 10.4. The molecule has 1 amide bonds. The summed E-state index contributed by atoms with van der Waals surface area (Å²) >= 11 is 1.59. The molecule has 2 saturated heterocycles. The number of aromatic nitrogens is 1. The van der Waals surface area contributed by atoms with Crippen molar-refractivity contribution in [1.29, 1.82) is 0 Å². The summed E-state index contributed by atoms with van der Waals surface area (Å²) in [5, 5.41) is 2.83. The fraction of sp³-hybridized carbons (Fsp3) is 0.733. The molecule has 3 fully saturated rings. The molecule has 1 spiro atoms. The fourth-order valence-corrected chi connectivity index (χ4v) is 6.32. The van der Waals surface area contributed by atoms with E-state index in [1.54, 1.807) is 15.6 Å². The number of carbonyl (C=O) groups excluding carboxylic acids is 1. The van der Waals surface area contributed by atoms with E-state index in [1.807, 2.05) is 17.2 Å². The standard InChI is InChI=1S/C15H21N3O3S2/c1-11-16-12(8-22-11)7-17-9-15(6-14(17)19)4-5-18(10-15)23(20,21)13-2-3-13/h8,13H,2-7,9-10H2,1H3/t15-/m1/s1. The maximum atomic E-state index is 12.4. The van der Waals surface area contributed by atoms with Gasteiger partial charge in [0.15, 0.2) is 0 Å². The van der Waals surface area contributed by atoms with Gasteiger partial charge in [0.2, 0.25) is 15.9 Å². The third-order valence-corrected chi connectivity index (χ3v) is 8.30. The number of rotatable bonds is 4. The minimum absolute atomic E-state index is 0.126. The Morgan fingerprint density at radius 3 is 2.83 bits per heavy atom. The van der Waals surface area contributed by atoms with Crippen molar-refractivity contribution < 1.29 is 13.2 Å². The van der Waals surface area contributed by atoms with E-state index in [9.17, 15) is 13.2 Å². The van der Waals surface area contributed by atoms with Gasteiger partial charge in [0.1, 0.15) is 0 Å². The van der Waals surface area contributed by atoms with Gasteiger partial charge in [-0.05, 0) is 26.2 Å². The molecule has 3 aliphatic rings. The number of hydrogen-bond donors (Lipinski definition) is 0. The number of thiazole rings is 1. The number of likely N-dealkylation sites (tertiary alicyclic amines) is 1. The van der Waals surface area contributed by atoms with Crippen LogP contribution < -0.4 is 0 Å². The van der Waals surface area contributed by atoms with E-state index in [0.717, 1.165) is 30.0 Å². The predicted molar refractivity (Wildman–Crippen MR) is 87.4 cm³/mol. The summed E-state index contributed by atoms with van der Waals surface area (Å²) in [6.45, 7) is 4.22. The number of sulfonamides is 1. The molecular formula is C15H21N3O3S2. The van der Waals surface area contributed by atoms with Crippen LogP contribution in [-0.4, -0.2) is 53.4 Å². The van der Waals surface area contributed by atoms with Crippen LogP contribution in [0.5, 0.6) is 0 Å². The minimum atomic E-state index is -3.13. The van der Waals surface area contributed by atoms with Gasteiger partial charge in [-0.15, -0.1) is 11.3 Å². The Morgan fingerprint density at radius 1 is 1.39 bits per heavy atom. The molecule has 1 aromatic rings. The lowest BCUT2D eigenvalue weighted by Gasteiger charge is -2.23. The molecule has 1 aliphatic carbocycles. The molecule has 0 unspecified atom stereocenters. The third kappa shape index (κ3) is 2.81. The highest BCUT2D eigenvalue weighted by Crippen LogP contribution is 2.43. The summed E-state index contributed by atoms with van der Waals surface area (Å²) in [6, 6.07) is 0. The smallest absolute Gasteiger partial charge is 0.223 e. The van der Waals surface area contributed by atoms with E-state index in [2.05, 4.69) is 4.98 Å². The van der Waals surface area contributed by atoms with E-state index < -0.39 is 10.0 Å². The average Bonchev–Trinajstić information content (AvgIpc) is 3.07. The van der Waals surface area contributed by atoms with Crippen molar-refractivity contribution in [3.05, 3.63) is 16.1 Å². The predicted octanol–water partition coefficient (Wildman–Crippen LogP) is 1.37. The third-order valence-electron chi connectivity index (χ3n) is 5.13. The topological polar surface area (TPSA) is 70.6 Å². The molecule has 1 aromatic heterocycles. The maximum absolute atomic E-state index is 12.4. The SMILES string of the molecule is Cc1nc(CN2C[C@@]3(CCN(S(=O)(=O)C4CC4)C3)CC2=O)cs1. The Kier molecular flexibility index (Phi) is 3.55. The van der Waals surface area contributed by atoms with Gasteiger partial charge in [0.25, 0.3) is 0 Å². The summed E-state index contributed by atoms with van der Waals surface area (Å²) in [5.74, 6) is 0.126.